The molecule has 2 aromatic carbocycles. The van der Waals surface area contributed by atoms with Gasteiger partial charge < -0.3 is 10.6 Å². The van der Waals surface area contributed by atoms with Crippen molar-refractivity contribution >= 4 is 35.0 Å². The molecule has 1 heterocycles. The molecule has 0 aliphatic heterocycles. The van der Waals surface area contributed by atoms with Crippen LogP contribution in [0.15, 0.2) is 60.9 Å². The normalized spacial score (nSPS) is 11.9. The lowest BCUT2D eigenvalue weighted by molar-refractivity contribution is -0.123. The van der Waals surface area contributed by atoms with Gasteiger partial charge in [0, 0.05) is 24.0 Å². The molecule has 3 aromatic rings. The number of halogens is 2. The average molecular weight is 473 g/mol. The van der Waals surface area contributed by atoms with E-state index in [1.54, 1.807) is 23.0 Å². The van der Waals surface area contributed by atoms with E-state index in [1.807, 2.05) is 50.4 Å². The Morgan fingerprint density at radius 2 is 1.84 bits per heavy atom. The molecule has 1 aromatic heterocycles. The van der Waals surface area contributed by atoms with E-state index in [-0.39, 0.29) is 22.4 Å². The van der Waals surface area contributed by atoms with Crippen LogP contribution in [0.25, 0.3) is 5.69 Å². The highest BCUT2D eigenvalue weighted by Gasteiger charge is 2.23. The minimum absolute atomic E-state index is 0.217. The molecule has 3 rings (SSSR count). The number of aromatic nitrogens is 2. The van der Waals surface area contributed by atoms with E-state index in [0.717, 1.165) is 11.3 Å². The highest BCUT2D eigenvalue weighted by atomic mass is 35.5. The zero-order valence-corrected chi connectivity index (χ0v) is 19.5. The number of hydrogen-bond donors (Lipinski definition) is 2. The van der Waals surface area contributed by atoms with E-state index in [4.69, 9.17) is 23.2 Å². The molecular formula is C24H26Cl2N4O2. The summed E-state index contributed by atoms with van der Waals surface area (Å²) in [6, 6.07) is 13.9. The third-order valence-electron chi connectivity index (χ3n) is 4.92. The molecule has 0 saturated carbocycles. The largest absolute Gasteiger partial charge is 0.354 e. The molecule has 0 aliphatic rings. The molecule has 168 valence electrons. The lowest BCUT2D eigenvalue weighted by atomic mass is 10.0. The fourth-order valence-corrected chi connectivity index (χ4v) is 3.80. The first-order chi connectivity index (χ1) is 15.3. The van der Waals surface area contributed by atoms with Crippen LogP contribution < -0.4 is 10.6 Å². The van der Waals surface area contributed by atoms with Gasteiger partial charge in [-0.05, 0) is 60.7 Å². The molecule has 32 heavy (non-hydrogen) atoms. The van der Waals surface area contributed by atoms with Gasteiger partial charge in [0.1, 0.15) is 6.04 Å². The second-order valence-electron chi connectivity index (χ2n) is 7.94. The summed E-state index contributed by atoms with van der Waals surface area (Å²) >= 11 is 12.0. The Balaban J connectivity index is 1.56. The van der Waals surface area contributed by atoms with Gasteiger partial charge in [-0.1, -0.05) is 49.2 Å². The lowest BCUT2D eigenvalue weighted by Crippen LogP contribution is -2.47. The molecule has 1 unspecified atom stereocenters. The van der Waals surface area contributed by atoms with Crippen molar-refractivity contribution in [2.75, 3.05) is 6.54 Å². The molecule has 6 nitrogen and oxygen atoms in total. The van der Waals surface area contributed by atoms with Crippen molar-refractivity contribution in [1.82, 2.24) is 20.4 Å². The van der Waals surface area contributed by atoms with Crippen LogP contribution in [-0.2, 0) is 11.2 Å². The number of carbonyl (C=O) groups is 2. The quantitative estimate of drug-likeness (QED) is 0.474. The predicted octanol–water partition coefficient (Wildman–Crippen LogP) is 4.68. The Morgan fingerprint density at radius 1 is 1.09 bits per heavy atom. The zero-order valence-electron chi connectivity index (χ0n) is 18.0. The van der Waals surface area contributed by atoms with E-state index in [1.165, 1.54) is 6.07 Å². The summed E-state index contributed by atoms with van der Waals surface area (Å²) < 4.78 is 1.79. The first-order valence-electron chi connectivity index (χ1n) is 10.5. The Morgan fingerprint density at radius 3 is 2.47 bits per heavy atom. The molecular weight excluding hydrogens is 447 g/mol. The van der Waals surface area contributed by atoms with Gasteiger partial charge in [0.05, 0.1) is 16.3 Å². The van der Waals surface area contributed by atoms with E-state index >= 15 is 0 Å². The van der Waals surface area contributed by atoms with E-state index in [2.05, 4.69) is 15.7 Å². The van der Waals surface area contributed by atoms with Crippen molar-refractivity contribution in [2.45, 2.75) is 32.7 Å². The minimum atomic E-state index is -0.656. The summed E-state index contributed by atoms with van der Waals surface area (Å²) in [6.07, 6.45) is 4.81. The van der Waals surface area contributed by atoms with Gasteiger partial charge in [-0.3, -0.25) is 9.59 Å². The second kappa shape index (κ2) is 11.2. The predicted molar refractivity (Wildman–Crippen MR) is 127 cm³/mol. The van der Waals surface area contributed by atoms with E-state index < -0.39 is 11.9 Å². The second-order valence-corrected chi connectivity index (χ2v) is 8.78. The van der Waals surface area contributed by atoms with E-state index in [9.17, 15) is 9.59 Å². The standard InChI is InChI=1S/C24H26Cl2N4O2/c1-16(2)14-22(29-23(31)20-9-6-18(25)15-21(20)26)24(32)27-12-10-17-4-7-19(8-5-17)30-13-3-11-28-30/h3-9,11,13,15-16,22H,10,12,14H2,1-2H3,(H,27,32)(H,29,31). The molecule has 0 bridgehead atoms. The highest BCUT2D eigenvalue weighted by Crippen LogP contribution is 2.21. The number of nitrogens with one attached hydrogen (secondary N) is 2. The molecule has 1 atom stereocenters. The maximum Gasteiger partial charge on any atom is 0.253 e. The van der Waals surface area contributed by atoms with Gasteiger partial charge in [0.15, 0.2) is 0 Å². The van der Waals surface area contributed by atoms with Crippen LogP contribution in [0.5, 0.6) is 0 Å². The van der Waals surface area contributed by atoms with Gasteiger partial charge >= 0.3 is 0 Å². The number of benzene rings is 2. The molecule has 0 aliphatic carbocycles. The molecule has 0 saturated heterocycles. The number of nitrogens with zero attached hydrogens (tertiary/aromatic N) is 2. The first kappa shape index (κ1) is 23.8. The maximum atomic E-state index is 12.8. The van der Waals surface area contributed by atoms with Crippen molar-refractivity contribution in [3.63, 3.8) is 0 Å². The first-order valence-corrected chi connectivity index (χ1v) is 11.2. The summed E-state index contributed by atoms with van der Waals surface area (Å²) in [4.78, 5) is 25.5. The highest BCUT2D eigenvalue weighted by molar-refractivity contribution is 6.36. The summed E-state index contributed by atoms with van der Waals surface area (Å²) in [5.74, 6) is -0.395. The van der Waals surface area contributed by atoms with Crippen LogP contribution in [0, 0.1) is 5.92 Å². The van der Waals surface area contributed by atoms with Crippen LogP contribution in [0.1, 0.15) is 36.2 Å². The van der Waals surface area contributed by atoms with Gasteiger partial charge in [0.25, 0.3) is 5.91 Å². The third kappa shape index (κ3) is 6.58. The van der Waals surface area contributed by atoms with Crippen molar-refractivity contribution in [3.8, 4) is 5.69 Å². The topological polar surface area (TPSA) is 76.0 Å². The van der Waals surface area contributed by atoms with E-state index in [0.29, 0.717) is 24.4 Å². The SMILES string of the molecule is CC(C)CC(NC(=O)c1ccc(Cl)cc1Cl)C(=O)NCCc1ccc(-n2cccn2)cc1. The van der Waals surface area contributed by atoms with Crippen molar-refractivity contribution < 1.29 is 9.59 Å². The Kier molecular flexibility index (Phi) is 8.31. The third-order valence-corrected chi connectivity index (χ3v) is 5.47. The number of rotatable bonds is 9. The summed E-state index contributed by atoms with van der Waals surface area (Å²) in [5.41, 5.74) is 2.36. The van der Waals surface area contributed by atoms with Gasteiger partial charge in [-0.15, -0.1) is 0 Å². The number of amides is 2. The zero-order chi connectivity index (χ0) is 23.1. The van der Waals surface area contributed by atoms with Gasteiger partial charge in [0.2, 0.25) is 5.91 Å². The van der Waals surface area contributed by atoms with Crippen LogP contribution in [0.4, 0.5) is 0 Å². The molecule has 0 spiro atoms. The smallest absolute Gasteiger partial charge is 0.253 e. The molecule has 8 heteroatoms. The van der Waals surface area contributed by atoms with Crippen molar-refractivity contribution in [2.24, 2.45) is 5.92 Å². The summed E-state index contributed by atoms with van der Waals surface area (Å²) in [7, 11) is 0. The van der Waals surface area contributed by atoms with Crippen molar-refractivity contribution in [3.05, 3.63) is 82.1 Å². The summed E-state index contributed by atoms with van der Waals surface area (Å²) in [5, 5.41) is 10.6. The van der Waals surface area contributed by atoms with Crippen LogP contribution >= 0.6 is 23.2 Å². The minimum Gasteiger partial charge on any atom is -0.354 e. The van der Waals surface area contributed by atoms with Crippen LogP contribution in [0.3, 0.4) is 0 Å². The molecule has 2 amide bonds. The lowest BCUT2D eigenvalue weighted by Gasteiger charge is -2.20. The maximum absolute atomic E-state index is 12.8. The summed E-state index contributed by atoms with van der Waals surface area (Å²) in [6.45, 7) is 4.47. The fourth-order valence-electron chi connectivity index (χ4n) is 3.30. The van der Waals surface area contributed by atoms with Crippen LogP contribution in [0.2, 0.25) is 10.0 Å². The van der Waals surface area contributed by atoms with Gasteiger partial charge in [-0.2, -0.15) is 5.10 Å². The van der Waals surface area contributed by atoms with Crippen molar-refractivity contribution in [1.29, 1.82) is 0 Å². The Labute approximate surface area is 197 Å². The Hall–Kier alpha value is -2.83. The number of carbonyl (C=O) groups excluding carboxylic acids is 2. The number of hydrogen-bond acceptors (Lipinski definition) is 3. The van der Waals surface area contributed by atoms with Crippen LogP contribution in [-0.4, -0.2) is 34.2 Å². The van der Waals surface area contributed by atoms with Gasteiger partial charge in [-0.25, -0.2) is 4.68 Å². The molecule has 2 N–H and O–H groups in total. The Bertz CT molecular complexity index is 1050. The average Bonchev–Trinajstić information content (AvgIpc) is 3.28. The molecule has 0 fully saturated rings. The monoisotopic (exact) mass is 472 g/mol. The molecule has 0 radical (unpaired) electrons. The fraction of sp³-hybridized carbons (Fsp3) is 0.292.